The number of hydrogen-bond donors (Lipinski definition) is 0. The highest BCUT2D eigenvalue weighted by atomic mass is 32.2. The first kappa shape index (κ1) is 19.7. The molecule has 146 valence electrons. The Bertz CT molecular complexity index is 1220. The fourth-order valence-electron chi connectivity index (χ4n) is 3.28. The number of aryl methyl sites for hydroxylation is 2. The summed E-state index contributed by atoms with van der Waals surface area (Å²) in [5, 5.41) is 9.03. The summed E-state index contributed by atoms with van der Waals surface area (Å²) in [5.41, 5.74) is 4.24. The number of nitrogens with zero attached hydrogens (tertiary/aromatic N) is 2. The molecule has 1 heterocycles. The van der Waals surface area contributed by atoms with Crippen LogP contribution in [0.2, 0.25) is 0 Å². The van der Waals surface area contributed by atoms with Crippen LogP contribution in [0.4, 0.5) is 5.69 Å². The van der Waals surface area contributed by atoms with E-state index in [9.17, 15) is 9.59 Å². The zero-order valence-corrected chi connectivity index (χ0v) is 17.4. The number of imide groups is 1. The van der Waals surface area contributed by atoms with Gasteiger partial charge in [-0.25, -0.2) is 4.90 Å². The molecule has 1 aliphatic heterocycles. The third kappa shape index (κ3) is 3.54. The summed E-state index contributed by atoms with van der Waals surface area (Å²) >= 11 is 1.30. The first-order chi connectivity index (χ1) is 14.5. The van der Waals surface area contributed by atoms with Crippen molar-refractivity contribution < 1.29 is 9.59 Å². The van der Waals surface area contributed by atoms with Gasteiger partial charge < -0.3 is 0 Å². The van der Waals surface area contributed by atoms with Gasteiger partial charge in [0.05, 0.1) is 27.8 Å². The van der Waals surface area contributed by atoms with E-state index in [1.165, 1.54) is 16.7 Å². The lowest BCUT2D eigenvalue weighted by Gasteiger charge is -2.15. The smallest absolute Gasteiger partial charge is 0.268 e. The topological polar surface area (TPSA) is 61.2 Å². The van der Waals surface area contributed by atoms with Crippen LogP contribution in [-0.4, -0.2) is 11.8 Å². The molecule has 0 radical (unpaired) electrons. The summed E-state index contributed by atoms with van der Waals surface area (Å²) in [6, 6.07) is 23.9. The standard InChI is InChI=1S/C25H18N2O2S/c1-16-8-11-19(14-17(16)2)22-23(30-21-6-4-3-5-7-21)25(29)27(24(22)28)20-12-9-18(15-26)10-13-20/h3-14H,1-2H3. The van der Waals surface area contributed by atoms with E-state index in [-0.39, 0.29) is 11.8 Å². The summed E-state index contributed by atoms with van der Waals surface area (Å²) in [7, 11) is 0. The molecule has 3 aromatic carbocycles. The Morgan fingerprint density at radius 2 is 1.53 bits per heavy atom. The second-order valence-electron chi connectivity index (χ2n) is 7.02. The van der Waals surface area contributed by atoms with Gasteiger partial charge in [-0.3, -0.25) is 9.59 Å². The lowest BCUT2D eigenvalue weighted by molar-refractivity contribution is -0.119. The zero-order valence-electron chi connectivity index (χ0n) is 16.5. The maximum absolute atomic E-state index is 13.4. The van der Waals surface area contributed by atoms with E-state index in [0.29, 0.717) is 21.7 Å². The van der Waals surface area contributed by atoms with Crippen molar-refractivity contribution in [2.24, 2.45) is 0 Å². The highest BCUT2D eigenvalue weighted by Crippen LogP contribution is 2.41. The Morgan fingerprint density at radius 3 is 2.17 bits per heavy atom. The molecule has 0 fully saturated rings. The number of benzene rings is 3. The van der Waals surface area contributed by atoms with Crippen molar-refractivity contribution in [3.8, 4) is 6.07 Å². The van der Waals surface area contributed by atoms with Gasteiger partial charge in [0.25, 0.3) is 11.8 Å². The number of carbonyl (C=O) groups excluding carboxylic acids is 2. The van der Waals surface area contributed by atoms with E-state index in [2.05, 4.69) is 6.07 Å². The normalized spacial score (nSPS) is 13.7. The van der Waals surface area contributed by atoms with Gasteiger partial charge in [0.1, 0.15) is 0 Å². The Morgan fingerprint density at radius 1 is 0.833 bits per heavy atom. The number of nitriles is 1. The van der Waals surface area contributed by atoms with Crippen molar-refractivity contribution in [3.05, 3.63) is 100.0 Å². The molecule has 0 saturated heterocycles. The van der Waals surface area contributed by atoms with E-state index in [4.69, 9.17) is 5.26 Å². The van der Waals surface area contributed by atoms with Crippen LogP contribution < -0.4 is 4.90 Å². The molecule has 5 heteroatoms. The molecule has 1 aliphatic rings. The van der Waals surface area contributed by atoms with E-state index in [0.717, 1.165) is 21.6 Å². The molecule has 30 heavy (non-hydrogen) atoms. The molecule has 0 N–H and O–H groups in total. The van der Waals surface area contributed by atoms with Gasteiger partial charge in [0.2, 0.25) is 0 Å². The molecule has 4 nitrogen and oxygen atoms in total. The van der Waals surface area contributed by atoms with Gasteiger partial charge in [0.15, 0.2) is 0 Å². The zero-order chi connectivity index (χ0) is 21.3. The van der Waals surface area contributed by atoms with E-state index < -0.39 is 0 Å². The van der Waals surface area contributed by atoms with Crippen LogP contribution in [0.5, 0.6) is 0 Å². The van der Waals surface area contributed by atoms with Gasteiger partial charge in [-0.15, -0.1) is 0 Å². The first-order valence-electron chi connectivity index (χ1n) is 9.43. The highest BCUT2D eigenvalue weighted by Gasteiger charge is 2.40. The molecule has 0 spiro atoms. The van der Waals surface area contributed by atoms with Gasteiger partial charge in [0, 0.05) is 4.90 Å². The van der Waals surface area contributed by atoms with Crippen molar-refractivity contribution in [2.75, 3.05) is 4.90 Å². The lowest BCUT2D eigenvalue weighted by atomic mass is 10.0. The molecule has 0 bridgehead atoms. The summed E-state index contributed by atoms with van der Waals surface area (Å²) in [4.78, 5) is 29.3. The van der Waals surface area contributed by atoms with Crippen molar-refractivity contribution >= 4 is 34.8 Å². The van der Waals surface area contributed by atoms with Gasteiger partial charge >= 0.3 is 0 Å². The molecule has 0 aliphatic carbocycles. The minimum absolute atomic E-state index is 0.355. The SMILES string of the molecule is Cc1ccc(C2=C(Sc3ccccc3)C(=O)N(c3ccc(C#N)cc3)C2=O)cc1C. The van der Waals surface area contributed by atoms with Gasteiger partial charge in [-0.2, -0.15) is 5.26 Å². The fraction of sp³-hybridized carbons (Fsp3) is 0.0800. The number of anilines is 1. The van der Waals surface area contributed by atoms with Crippen LogP contribution in [-0.2, 0) is 9.59 Å². The minimum atomic E-state index is -0.355. The average Bonchev–Trinajstić information content (AvgIpc) is 3.00. The molecule has 2 amide bonds. The Labute approximate surface area is 179 Å². The van der Waals surface area contributed by atoms with Crippen LogP contribution in [0.15, 0.2) is 82.6 Å². The third-order valence-corrected chi connectivity index (χ3v) is 6.15. The van der Waals surface area contributed by atoms with Crippen molar-refractivity contribution in [1.29, 1.82) is 5.26 Å². The van der Waals surface area contributed by atoms with Crippen LogP contribution >= 0.6 is 11.8 Å². The minimum Gasteiger partial charge on any atom is -0.268 e. The van der Waals surface area contributed by atoms with Crippen molar-refractivity contribution in [1.82, 2.24) is 0 Å². The molecular formula is C25H18N2O2S. The summed E-state index contributed by atoms with van der Waals surface area (Å²) in [6.45, 7) is 4.00. The lowest BCUT2D eigenvalue weighted by Crippen LogP contribution is -2.31. The maximum Gasteiger partial charge on any atom is 0.272 e. The van der Waals surface area contributed by atoms with Crippen LogP contribution in [0.3, 0.4) is 0 Å². The number of amides is 2. The van der Waals surface area contributed by atoms with Crippen molar-refractivity contribution in [2.45, 2.75) is 18.7 Å². The Balaban J connectivity index is 1.83. The number of carbonyl (C=O) groups is 2. The highest BCUT2D eigenvalue weighted by molar-refractivity contribution is 8.04. The summed E-state index contributed by atoms with van der Waals surface area (Å²) < 4.78 is 0. The number of hydrogen-bond acceptors (Lipinski definition) is 4. The summed E-state index contributed by atoms with van der Waals surface area (Å²) in [6.07, 6.45) is 0. The second kappa shape index (κ2) is 8.02. The van der Waals surface area contributed by atoms with Gasteiger partial charge in [-0.05, 0) is 66.9 Å². The molecular weight excluding hydrogens is 392 g/mol. The van der Waals surface area contributed by atoms with Gasteiger partial charge in [-0.1, -0.05) is 48.2 Å². The summed E-state index contributed by atoms with van der Waals surface area (Å²) in [5.74, 6) is -0.710. The molecule has 0 atom stereocenters. The molecule has 0 saturated carbocycles. The largest absolute Gasteiger partial charge is 0.272 e. The monoisotopic (exact) mass is 410 g/mol. The molecule has 4 rings (SSSR count). The van der Waals surface area contributed by atoms with E-state index in [1.54, 1.807) is 24.3 Å². The van der Waals surface area contributed by atoms with Crippen molar-refractivity contribution in [3.63, 3.8) is 0 Å². The van der Waals surface area contributed by atoms with Crippen LogP contribution in [0.1, 0.15) is 22.3 Å². The predicted molar refractivity (Wildman–Crippen MR) is 119 cm³/mol. The number of thioether (sulfide) groups is 1. The first-order valence-corrected chi connectivity index (χ1v) is 10.2. The van der Waals surface area contributed by atoms with Crippen LogP contribution in [0.25, 0.3) is 5.57 Å². The molecule has 0 unspecified atom stereocenters. The fourth-order valence-corrected chi connectivity index (χ4v) is 4.30. The number of rotatable bonds is 4. The predicted octanol–water partition coefficient (Wildman–Crippen LogP) is 5.25. The molecule has 0 aromatic heterocycles. The Hall–Kier alpha value is -3.62. The van der Waals surface area contributed by atoms with Crippen LogP contribution in [0, 0.1) is 25.2 Å². The Kier molecular flexibility index (Phi) is 5.26. The van der Waals surface area contributed by atoms with E-state index >= 15 is 0 Å². The quantitative estimate of drug-likeness (QED) is 0.551. The average molecular weight is 410 g/mol. The molecule has 3 aromatic rings. The maximum atomic E-state index is 13.4. The van der Waals surface area contributed by atoms with E-state index in [1.807, 2.05) is 62.4 Å². The second-order valence-corrected chi connectivity index (χ2v) is 8.11. The third-order valence-electron chi connectivity index (χ3n) is 5.05.